The zero-order valence-electron chi connectivity index (χ0n) is 38.7. The lowest BCUT2D eigenvalue weighted by Gasteiger charge is -2.49. The van der Waals surface area contributed by atoms with Crippen molar-refractivity contribution in [2.24, 2.45) is 11.8 Å². The SMILES string of the molecule is [C-]#[N+]C(C(=O)OCC)=C1Sc2c(OC)c3c(c(OC)c2S1)SC(=C1C(=O)OCC(C)C[Si](C)(O[Si](C)(C)C)O[Si](C)(C)[Si](C)(C)O[Si](C)(O[Si](C)(C)C)CC(C)COC1=O)S3. The van der Waals surface area contributed by atoms with Crippen LogP contribution in [0.3, 0.4) is 0 Å². The molecule has 13 nitrogen and oxygen atoms in total. The smallest absolute Gasteiger partial charge is 0.347 e. The molecule has 4 rings (SSSR count). The number of carbonyl (C=O) groups is 3. The number of hydrogen-bond acceptors (Lipinski definition) is 16. The first-order chi connectivity index (χ1) is 28.0. The van der Waals surface area contributed by atoms with Crippen molar-refractivity contribution in [3.05, 3.63) is 31.2 Å². The van der Waals surface area contributed by atoms with Gasteiger partial charge in [-0.15, -0.1) is 0 Å². The average molecular weight is 1020 g/mol. The van der Waals surface area contributed by atoms with Crippen LogP contribution in [-0.4, -0.2) is 101 Å². The summed E-state index contributed by atoms with van der Waals surface area (Å²) in [6, 6.07) is 1.15. The largest absolute Gasteiger partial charge is 0.494 e. The molecule has 0 saturated carbocycles. The van der Waals surface area contributed by atoms with E-state index in [0.29, 0.717) is 51.6 Å². The minimum atomic E-state index is -2.90. The molecule has 1 saturated heterocycles. The van der Waals surface area contributed by atoms with E-state index in [2.05, 4.69) is 83.4 Å². The van der Waals surface area contributed by atoms with Crippen molar-refractivity contribution in [3.8, 4) is 11.5 Å². The van der Waals surface area contributed by atoms with Gasteiger partial charge in [0.15, 0.2) is 37.9 Å². The van der Waals surface area contributed by atoms with Crippen LogP contribution in [0.1, 0.15) is 20.8 Å². The summed E-state index contributed by atoms with van der Waals surface area (Å²) in [4.78, 5) is 47.4. The summed E-state index contributed by atoms with van der Waals surface area (Å²) in [5.41, 5.74) is -0.347. The molecule has 0 aliphatic carbocycles. The summed E-state index contributed by atoms with van der Waals surface area (Å²) in [6.45, 7) is 39.9. The lowest BCUT2D eigenvalue weighted by atomic mass is 10.2. The number of cyclic esters (lactones) is 2. The van der Waals surface area contributed by atoms with E-state index >= 15 is 0 Å². The zero-order valence-corrected chi connectivity index (χ0v) is 47.9. The first-order valence-corrected chi connectivity index (χ1v) is 42.2. The minimum Gasteiger partial charge on any atom is -0.494 e. The Hall–Kier alpha value is -1.26. The molecular weight excluding hydrogens is 959 g/mol. The second-order valence-electron chi connectivity index (χ2n) is 18.7. The first-order valence-electron chi connectivity index (χ1n) is 20.2. The van der Waals surface area contributed by atoms with Crippen LogP contribution in [0.2, 0.25) is 90.7 Å². The molecule has 1 aromatic rings. The monoisotopic (exact) mass is 1020 g/mol. The summed E-state index contributed by atoms with van der Waals surface area (Å²) in [5, 5.41) is 0. The Kier molecular flexibility index (Phi) is 17.2. The number of rotatable bonds is 8. The predicted octanol–water partition coefficient (Wildman–Crippen LogP) is 10.7. The molecule has 0 aromatic heterocycles. The lowest BCUT2D eigenvalue weighted by Crippen LogP contribution is -2.69. The Labute approximate surface area is 385 Å². The van der Waals surface area contributed by atoms with Gasteiger partial charge in [0, 0.05) is 0 Å². The van der Waals surface area contributed by atoms with Gasteiger partial charge >= 0.3 is 35.0 Å². The topological polar surface area (TPSA) is 139 Å². The molecule has 3 aliphatic heterocycles. The summed E-state index contributed by atoms with van der Waals surface area (Å²) >= 11 is 4.81. The molecule has 0 bridgehead atoms. The maximum atomic E-state index is 14.3. The number of methoxy groups -OCH3 is 2. The summed E-state index contributed by atoms with van der Waals surface area (Å²) in [5.74, 6) is -1.69. The number of nitrogens with zero attached hydrogens (tertiary/aromatic N) is 1. The third kappa shape index (κ3) is 13.0. The fourth-order valence-corrected chi connectivity index (χ4v) is 47.4. The van der Waals surface area contributed by atoms with Crippen LogP contribution in [0.25, 0.3) is 4.85 Å². The summed E-state index contributed by atoms with van der Waals surface area (Å²) < 4.78 is 58.7. The van der Waals surface area contributed by atoms with Crippen LogP contribution in [0, 0.1) is 18.4 Å². The number of esters is 3. The molecule has 23 heteroatoms. The van der Waals surface area contributed by atoms with Crippen LogP contribution >= 0.6 is 47.0 Å². The van der Waals surface area contributed by atoms with Crippen molar-refractivity contribution in [2.75, 3.05) is 34.0 Å². The Morgan fingerprint density at radius 2 is 1.10 bits per heavy atom. The van der Waals surface area contributed by atoms with Gasteiger partial charge in [0.1, 0.15) is 11.5 Å². The standard InChI is InChI=1S/C38H63NO12S4Si6/c1-19-45-36(42)27(39-4)38-54-32-28(43-5)30-31(29(44-6)33(32)55-38)53-37(52-30)26-34(40)46-20-24(2)22-60(17,48-56(7,8)9)50-58(13,14)59(15,16)51-61(18,49-57(10,11)12)23-25(3)21-47-35(26)41/h24-25H,19-23H2,1-3,5-18H3. The second kappa shape index (κ2) is 20.1. The number of carbonyl (C=O) groups excluding carboxylic acids is 3. The van der Waals surface area contributed by atoms with Gasteiger partial charge in [-0.1, -0.05) is 60.9 Å². The first kappa shape index (κ1) is 52.4. The van der Waals surface area contributed by atoms with Gasteiger partial charge in [0.25, 0.3) is 5.70 Å². The third-order valence-corrected chi connectivity index (χ3v) is 47.1. The van der Waals surface area contributed by atoms with Crippen LogP contribution in [0.15, 0.2) is 39.3 Å². The Balaban J connectivity index is 1.82. The van der Waals surface area contributed by atoms with Gasteiger partial charge in [0.05, 0.1) is 68.7 Å². The summed E-state index contributed by atoms with van der Waals surface area (Å²) in [7, 11) is -12.0. The van der Waals surface area contributed by atoms with Crippen molar-refractivity contribution in [2.45, 2.75) is 131 Å². The number of fused-ring (bicyclic) bond motifs is 2. The molecule has 340 valence electrons. The van der Waals surface area contributed by atoms with E-state index in [-0.39, 0.29) is 42.9 Å². The fourth-order valence-electron chi connectivity index (χ4n) is 7.39. The van der Waals surface area contributed by atoms with E-state index in [1.165, 1.54) is 61.3 Å². The minimum absolute atomic E-state index is 0.0319. The molecule has 0 spiro atoms. The number of benzene rings is 1. The molecule has 3 heterocycles. The van der Waals surface area contributed by atoms with Crippen LogP contribution in [0.4, 0.5) is 0 Å². The van der Waals surface area contributed by atoms with Crippen LogP contribution < -0.4 is 9.47 Å². The van der Waals surface area contributed by atoms with Crippen molar-refractivity contribution >= 4 is 114 Å². The Bertz CT molecular complexity index is 1890. The predicted molar refractivity (Wildman–Crippen MR) is 259 cm³/mol. The molecule has 0 amide bonds. The van der Waals surface area contributed by atoms with Crippen LogP contribution in [-0.2, 0) is 45.1 Å². The molecule has 4 unspecified atom stereocenters. The normalized spacial score (nSPS) is 26.3. The van der Waals surface area contributed by atoms with E-state index in [1.807, 2.05) is 13.8 Å². The highest BCUT2D eigenvalue weighted by Gasteiger charge is 2.55. The van der Waals surface area contributed by atoms with Gasteiger partial charge in [-0.25, -0.2) is 14.4 Å². The fraction of sp³-hybridized carbons (Fsp3) is 0.632. The highest BCUT2D eigenvalue weighted by molar-refractivity contribution is 8.26. The molecule has 61 heavy (non-hydrogen) atoms. The summed E-state index contributed by atoms with van der Waals surface area (Å²) in [6.07, 6.45) is 0. The Morgan fingerprint density at radius 1 is 0.721 bits per heavy atom. The van der Waals surface area contributed by atoms with Crippen molar-refractivity contribution in [1.82, 2.24) is 0 Å². The number of thioether (sulfide) groups is 4. The number of ether oxygens (including phenoxy) is 5. The second-order valence-corrected chi connectivity index (χ2v) is 53.6. The van der Waals surface area contributed by atoms with E-state index in [4.69, 9.17) is 46.7 Å². The molecule has 0 radical (unpaired) electrons. The van der Waals surface area contributed by atoms with Gasteiger partial charge in [-0.3, -0.25) is 4.79 Å². The van der Waals surface area contributed by atoms with Crippen LogP contribution in [0.5, 0.6) is 11.5 Å². The average Bonchev–Trinajstić information content (AvgIpc) is 3.71. The van der Waals surface area contributed by atoms with E-state index in [1.54, 1.807) is 6.92 Å². The highest BCUT2D eigenvalue weighted by Crippen LogP contribution is 2.68. The molecule has 1 fully saturated rings. The molecule has 3 aliphatic rings. The van der Waals surface area contributed by atoms with Gasteiger partial charge in [-0.05, 0) is 109 Å². The van der Waals surface area contributed by atoms with Crippen molar-refractivity contribution in [3.63, 3.8) is 0 Å². The molecule has 0 N–H and O–H groups in total. The van der Waals surface area contributed by atoms with Gasteiger partial charge in [-0.2, -0.15) is 0 Å². The maximum absolute atomic E-state index is 14.3. The van der Waals surface area contributed by atoms with E-state index in [0.717, 1.165) is 0 Å². The zero-order chi connectivity index (χ0) is 46.1. The lowest BCUT2D eigenvalue weighted by molar-refractivity contribution is -0.148. The van der Waals surface area contributed by atoms with E-state index < -0.39 is 67.3 Å². The van der Waals surface area contributed by atoms with Crippen molar-refractivity contribution < 1.29 is 54.5 Å². The highest BCUT2D eigenvalue weighted by atomic mass is 32.2. The van der Waals surface area contributed by atoms with Gasteiger partial charge in [0.2, 0.25) is 0 Å². The Morgan fingerprint density at radius 3 is 1.43 bits per heavy atom. The molecule has 4 atom stereocenters. The number of hydrogen-bond donors (Lipinski definition) is 0. The van der Waals surface area contributed by atoms with Gasteiger partial charge < -0.3 is 40.1 Å². The maximum Gasteiger partial charge on any atom is 0.347 e. The molecular formula is C38H63NO12S4Si6. The third-order valence-electron chi connectivity index (χ3n) is 9.68. The van der Waals surface area contributed by atoms with E-state index in [9.17, 15) is 14.4 Å². The van der Waals surface area contributed by atoms with Crippen molar-refractivity contribution in [1.29, 1.82) is 0 Å². The molecule has 1 aromatic carbocycles. The quantitative estimate of drug-likeness (QED) is 0.0609.